The highest BCUT2D eigenvalue weighted by molar-refractivity contribution is 6.09. The molecule has 0 saturated carbocycles. The lowest BCUT2D eigenvalue weighted by Gasteiger charge is -2.21. The summed E-state index contributed by atoms with van der Waals surface area (Å²) in [4.78, 5) is 49.7. The molecule has 0 unspecified atom stereocenters. The third-order valence-corrected chi connectivity index (χ3v) is 4.37. The average molecular weight is 366 g/mol. The fourth-order valence-electron chi connectivity index (χ4n) is 2.84. The van der Waals surface area contributed by atoms with Gasteiger partial charge in [0.2, 0.25) is 0 Å². The van der Waals surface area contributed by atoms with Crippen LogP contribution in [0.15, 0.2) is 60.7 Å². The minimum absolute atomic E-state index is 0.365. The van der Waals surface area contributed by atoms with Crippen LogP contribution < -0.4 is 5.32 Å². The maximum absolute atomic E-state index is 12.7. The zero-order chi connectivity index (χ0) is 19.4. The van der Waals surface area contributed by atoms with Crippen LogP contribution >= 0.6 is 0 Å². The number of urea groups is 1. The lowest BCUT2D eigenvalue weighted by atomic mass is 9.92. The van der Waals surface area contributed by atoms with Gasteiger partial charge in [-0.3, -0.25) is 19.3 Å². The van der Waals surface area contributed by atoms with Gasteiger partial charge in [0.25, 0.3) is 5.91 Å². The first-order valence-electron chi connectivity index (χ1n) is 8.35. The number of carbonyl (C=O) groups excluding carboxylic acids is 4. The second-order valence-corrected chi connectivity index (χ2v) is 6.26. The number of rotatable bonds is 6. The first kappa shape index (κ1) is 18.3. The molecule has 7 nitrogen and oxygen atoms in total. The number of ketones is 1. The molecule has 1 fully saturated rings. The second-order valence-electron chi connectivity index (χ2n) is 6.26. The van der Waals surface area contributed by atoms with Gasteiger partial charge in [0.1, 0.15) is 12.1 Å². The van der Waals surface area contributed by atoms with Gasteiger partial charge in [-0.25, -0.2) is 4.79 Å². The van der Waals surface area contributed by atoms with E-state index in [4.69, 9.17) is 4.74 Å². The Bertz CT molecular complexity index is 882. The van der Waals surface area contributed by atoms with Crippen LogP contribution in [-0.2, 0) is 19.9 Å². The molecule has 1 aliphatic heterocycles. The Morgan fingerprint density at radius 2 is 1.59 bits per heavy atom. The van der Waals surface area contributed by atoms with E-state index in [9.17, 15) is 19.2 Å². The van der Waals surface area contributed by atoms with Crippen LogP contribution in [0.2, 0.25) is 0 Å². The lowest BCUT2D eigenvalue weighted by molar-refractivity contribution is -0.146. The number of nitrogens with zero attached hydrogens (tertiary/aromatic N) is 1. The van der Waals surface area contributed by atoms with Gasteiger partial charge in [0.05, 0.1) is 0 Å². The Hall–Kier alpha value is -3.48. The standard InChI is InChI=1S/C20H18N2O5/c1-20(15-10-6-3-7-11-15)18(25)22(19(26)21-20)12-17(24)27-13-16(23)14-8-4-2-5-9-14/h2-11H,12-13H2,1H3,(H,21,26)/t20-/m1/s1. The van der Waals surface area contributed by atoms with E-state index in [0.29, 0.717) is 11.1 Å². The van der Waals surface area contributed by atoms with Gasteiger partial charge in [-0.15, -0.1) is 0 Å². The number of esters is 1. The molecule has 1 saturated heterocycles. The SMILES string of the molecule is C[C@]1(c2ccccc2)NC(=O)N(CC(=O)OCC(=O)c2ccccc2)C1=O. The molecule has 7 heteroatoms. The largest absolute Gasteiger partial charge is 0.456 e. The predicted molar refractivity (Wildman–Crippen MR) is 95.8 cm³/mol. The Kier molecular flexibility index (Phi) is 5.03. The molecule has 1 N–H and O–H groups in total. The summed E-state index contributed by atoms with van der Waals surface area (Å²) in [6.45, 7) is 0.560. The van der Waals surface area contributed by atoms with Crippen LogP contribution in [0, 0.1) is 0 Å². The lowest BCUT2D eigenvalue weighted by Crippen LogP contribution is -2.41. The van der Waals surface area contributed by atoms with E-state index >= 15 is 0 Å². The molecule has 0 aliphatic carbocycles. The van der Waals surface area contributed by atoms with E-state index in [1.807, 2.05) is 0 Å². The molecule has 0 radical (unpaired) electrons. The molecule has 1 heterocycles. The third kappa shape index (κ3) is 3.72. The number of hydrogen-bond donors (Lipinski definition) is 1. The van der Waals surface area contributed by atoms with Crippen molar-refractivity contribution in [3.63, 3.8) is 0 Å². The van der Waals surface area contributed by atoms with Crippen molar-refractivity contribution in [3.8, 4) is 0 Å². The summed E-state index contributed by atoms with van der Waals surface area (Å²) in [5.74, 6) is -1.75. The number of hydrogen-bond acceptors (Lipinski definition) is 5. The van der Waals surface area contributed by atoms with Crippen molar-refractivity contribution >= 4 is 23.7 Å². The summed E-state index contributed by atoms with van der Waals surface area (Å²) in [6.07, 6.45) is 0. The van der Waals surface area contributed by atoms with Gasteiger partial charge >= 0.3 is 12.0 Å². The van der Waals surface area contributed by atoms with Gasteiger partial charge in [0, 0.05) is 5.56 Å². The fourth-order valence-corrected chi connectivity index (χ4v) is 2.84. The third-order valence-electron chi connectivity index (χ3n) is 4.37. The smallest absolute Gasteiger partial charge is 0.326 e. The van der Waals surface area contributed by atoms with E-state index in [1.165, 1.54) is 0 Å². The zero-order valence-electron chi connectivity index (χ0n) is 14.7. The topological polar surface area (TPSA) is 92.8 Å². The molecule has 1 atom stereocenters. The number of Topliss-reactive ketones (excluding diaryl/α,β-unsaturated/α-hetero) is 1. The van der Waals surface area contributed by atoms with Gasteiger partial charge in [-0.05, 0) is 12.5 Å². The van der Waals surface area contributed by atoms with E-state index in [2.05, 4.69) is 5.32 Å². The van der Waals surface area contributed by atoms with Crippen molar-refractivity contribution in [2.45, 2.75) is 12.5 Å². The Morgan fingerprint density at radius 1 is 1.00 bits per heavy atom. The minimum Gasteiger partial charge on any atom is -0.456 e. The first-order chi connectivity index (χ1) is 12.9. The van der Waals surface area contributed by atoms with Crippen molar-refractivity contribution < 1.29 is 23.9 Å². The average Bonchev–Trinajstić information content (AvgIpc) is 2.91. The highest BCUT2D eigenvalue weighted by Gasteiger charge is 2.49. The van der Waals surface area contributed by atoms with E-state index in [-0.39, 0.29) is 5.78 Å². The fraction of sp³-hybridized carbons (Fsp3) is 0.200. The van der Waals surface area contributed by atoms with Crippen LogP contribution in [0.5, 0.6) is 0 Å². The number of carbonyl (C=O) groups is 4. The summed E-state index contributed by atoms with van der Waals surface area (Å²) >= 11 is 0. The molecule has 2 aromatic carbocycles. The minimum atomic E-state index is -1.25. The molecular formula is C20H18N2O5. The van der Waals surface area contributed by atoms with Gasteiger partial charge in [-0.2, -0.15) is 0 Å². The molecule has 2 aromatic rings. The van der Waals surface area contributed by atoms with Crippen molar-refractivity contribution in [1.82, 2.24) is 10.2 Å². The van der Waals surface area contributed by atoms with Crippen LogP contribution in [-0.4, -0.2) is 41.7 Å². The Morgan fingerprint density at radius 3 is 2.22 bits per heavy atom. The quantitative estimate of drug-likeness (QED) is 0.479. The highest BCUT2D eigenvalue weighted by Crippen LogP contribution is 2.28. The number of imide groups is 1. The second kappa shape index (κ2) is 7.41. The van der Waals surface area contributed by atoms with Crippen molar-refractivity contribution in [3.05, 3.63) is 71.8 Å². The molecule has 3 amide bonds. The normalized spacial score (nSPS) is 18.9. The number of ether oxygens (including phenoxy) is 1. The van der Waals surface area contributed by atoms with Crippen molar-refractivity contribution in [2.24, 2.45) is 0 Å². The van der Waals surface area contributed by atoms with Gasteiger partial charge < -0.3 is 10.1 Å². The number of nitrogens with one attached hydrogen (secondary N) is 1. The van der Waals surface area contributed by atoms with E-state index < -0.39 is 36.6 Å². The monoisotopic (exact) mass is 366 g/mol. The Balaban J connectivity index is 1.62. The van der Waals surface area contributed by atoms with E-state index in [0.717, 1.165) is 4.90 Å². The summed E-state index contributed by atoms with van der Waals surface area (Å²) in [5.41, 5.74) is -0.228. The predicted octanol–water partition coefficient (Wildman–Crippen LogP) is 1.88. The summed E-state index contributed by atoms with van der Waals surface area (Å²) < 4.78 is 4.93. The maximum atomic E-state index is 12.7. The molecule has 1 aliphatic rings. The first-order valence-corrected chi connectivity index (χ1v) is 8.35. The number of amides is 3. The van der Waals surface area contributed by atoms with E-state index in [1.54, 1.807) is 67.6 Å². The molecule has 0 aromatic heterocycles. The molecule has 3 rings (SSSR count). The van der Waals surface area contributed by atoms with Crippen LogP contribution in [0.3, 0.4) is 0 Å². The van der Waals surface area contributed by atoms with Crippen LogP contribution in [0.1, 0.15) is 22.8 Å². The van der Waals surface area contributed by atoms with Gasteiger partial charge in [-0.1, -0.05) is 60.7 Å². The number of benzene rings is 2. The van der Waals surface area contributed by atoms with Crippen molar-refractivity contribution in [2.75, 3.05) is 13.2 Å². The molecule has 0 bridgehead atoms. The molecule has 27 heavy (non-hydrogen) atoms. The molecular weight excluding hydrogens is 348 g/mol. The van der Waals surface area contributed by atoms with Crippen LogP contribution in [0.4, 0.5) is 4.79 Å². The van der Waals surface area contributed by atoms with Crippen LogP contribution in [0.25, 0.3) is 0 Å². The maximum Gasteiger partial charge on any atom is 0.326 e. The zero-order valence-corrected chi connectivity index (χ0v) is 14.7. The highest BCUT2D eigenvalue weighted by atomic mass is 16.5. The molecule has 0 spiro atoms. The summed E-state index contributed by atoms with van der Waals surface area (Å²) in [6, 6.07) is 16.5. The molecule has 138 valence electrons. The van der Waals surface area contributed by atoms with Crippen molar-refractivity contribution in [1.29, 1.82) is 0 Å². The summed E-state index contributed by atoms with van der Waals surface area (Å²) in [5, 5.41) is 2.61. The van der Waals surface area contributed by atoms with Gasteiger partial charge in [0.15, 0.2) is 12.4 Å². The summed E-state index contributed by atoms with van der Waals surface area (Å²) in [7, 11) is 0. The Labute approximate surface area is 155 Å².